The van der Waals surface area contributed by atoms with Gasteiger partial charge in [0.05, 0.1) is 11.6 Å². The number of nitrogens with zero attached hydrogens (tertiary/aromatic N) is 2. The summed E-state index contributed by atoms with van der Waals surface area (Å²) in [6.45, 7) is 4.01. The molecule has 0 aliphatic heterocycles. The van der Waals surface area contributed by atoms with Crippen molar-refractivity contribution < 1.29 is 9.90 Å². The predicted molar refractivity (Wildman–Crippen MR) is 64.2 cm³/mol. The lowest BCUT2D eigenvalue weighted by molar-refractivity contribution is 0.0697. The van der Waals surface area contributed by atoms with E-state index >= 15 is 0 Å². The third-order valence-corrected chi connectivity index (χ3v) is 2.92. The smallest absolute Gasteiger partial charge is 0.335 e. The molecule has 0 saturated carbocycles. The summed E-state index contributed by atoms with van der Waals surface area (Å²) < 4.78 is 2.05. The molecule has 4 nitrogen and oxygen atoms in total. The Balaban J connectivity index is 2.29. The molecule has 2 rings (SSSR count). The van der Waals surface area contributed by atoms with Gasteiger partial charge in [-0.1, -0.05) is 12.1 Å². The molecule has 2 aromatic rings. The van der Waals surface area contributed by atoms with Gasteiger partial charge in [0, 0.05) is 12.4 Å². The zero-order valence-electron chi connectivity index (χ0n) is 9.79. The summed E-state index contributed by atoms with van der Waals surface area (Å²) >= 11 is 0. The number of aromatic carboxylic acids is 1. The molecule has 1 aromatic heterocycles. The maximum atomic E-state index is 10.7. The highest BCUT2D eigenvalue weighted by molar-refractivity contribution is 5.87. The average Bonchev–Trinajstić information content (AvgIpc) is 2.74. The maximum Gasteiger partial charge on any atom is 0.335 e. The van der Waals surface area contributed by atoms with E-state index in [1.54, 1.807) is 18.3 Å². The lowest BCUT2D eigenvalue weighted by Crippen LogP contribution is -2.08. The number of benzene rings is 1. The molecule has 17 heavy (non-hydrogen) atoms. The topological polar surface area (TPSA) is 55.1 Å². The van der Waals surface area contributed by atoms with Gasteiger partial charge in [0.15, 0.2) is 0 Å². The van der Waals surface area contributed by atoms with Gasteiger partial charge in [-0.3, -0.25) is 0 Å². The van der Waals surface area contributed by atoms with Crippen molar-refractivity contribution >= 4 is 5.97 Å². The highest BCUT2D eigenvalue weighted by Gasteiger charge is 2.10. The minimum Gasteiger partial charge on any atom is -0.478 e. The summed E-state index contributed by atoms with van der Waals surface area (Å²) in [4.78, 5) is 14.9. The molecule has 1 aromatic carbocycles. The van der Waals surface area contributed by atoms with Crippen LogP contribution in [0.25, 0.3) is 0 Å². The number of carboxylic acids is 1. The van der Waals surface area contributed by atoms with Gasteiger partial charge in [-0.25, -0.2) is 9.78 Å². The van der Waals surface area contributed by atoms with Crippen LogP contribution in [0.5, 0.6) is 0 Å². The number of hydrogen-bond donors (Lipinski definition) is 1. The van der Waals surface area contributed by atoms with E-state index in [9.17, 15) is 4.79 Å². The zero-order valence-corrected chi connectivity index (χ0v) is 9.79. The van der Waals surface area contributed by atoms with Crippen LogP contribution < -0.4 is 0 Å². The van der Waals surface area contributed by atoms with Crippen LogP contribution in [0.4, 0.5) is 0 Å². The van der Waals surface area contributed by atoms with Crippen LogP contribution >= 0.6 is 0 Å². The highest BCUT2D eigenvalue weighted by atomic mass is 16.4. The van der Waals surface area contributed by atoms with E-state index in [1.165, 1.54) is 0 Å². The molecule has 4 heteroatoms. The average molecular weight is 230 g/mol. The van der Waals surface area contributed by atoms with Crippen LogP contribution in [0.3, 0.4) is 0 Å². The van der Waals surface area contributed by atoms with Crippen molar-refractivity contribution in [3.8, 4) is 0 Å². The van der Waals surface area contributed by atoms with Crippen LogP contribution in [0, 0.1) is 6.92 Å². The minimum atomic E-state index is -0.900. The summed E-state index contributed by atoms with van der Waals surface area (Å²) in [7, 11) is 0. The second-order valence-corrected chi connectivity index (χ2v) is 3.98. The van der Waals surface area contributed by atoms with E-state index in [2.05, 4.69) is 16.5 Å². The van der Waals surface area contributed by atoms with E-state index in [4.69, 9.17) is 5.11 Å². The Morgan fingerprint density at radius 3 is 2.47 bits per heavy atom. The Kier molecular flexibility index (Phi) is 2.95. The van der Waals surface area contributed by atoms with Gasteiger partial charge in [0.25, 0.3) is 0 Å². The summed E-state index contributed by atoms with van der Waals surface area (Å²) in [5.74, 6) is 0.0443. The molecular formula is C13H14N2O2. The number of rotatable bonds is 3. The van der Waals surface area contributed by atoms with Crippen molar-refractivity contribution in [3.05, 3.63) is 53.6 Å². The Morgan fingerprint density at radius 1 is 1.35 bits per heavy atom. The second kappa shape index (κ2) is 4.41. The van der Waals surface area contributed by atoms with Gasteiger partial charge in [-0.2, -0.15) is 0 Å². The fourth-order valence-corrected chi connectivity index (χ4v) is 1.86. The van der Waals surface area contributed by atoms with Crippen LogP contribution in [0.1, 0.15) is 34.7 Å². The number of carbonyl (C=O) groups is 1. The highest BCUT2D eigenvalue weighted by Crippen LogP contribution is 2.19. The molecule has 1 N–H and O–H groups in total. The fourth-order valence-electron chi connectivity index (χ4n) is 1.86. The Bertz CT molecular complexity index is 529. The van der Waals surface area contributed by atoms with Gasteiger partial charge >= 0.3 is 5.97 Å². The van der Waals surface area contributed by atoms with Crippen molar-refractivity contribution in [3.63, 3.8) is 0 Å². The van der Waals surface area contributed by atoms with E-state index in [0.29, 0.717) is 5.56 Å². The first-order valence-corrected chi connectivity index (χ1v) is 5.42. The Labute approximate surface area is 99.5 Å². The summed E-state index contributed by atoms with van der Waals surface area (Å²) in [6.07, 6.45) is 3.68. The number of aryl methyl sites for hydroxylation is 1. The van der Waals surface area contributed by atoms with E-state index in [0.717, 1.165) is 11.4 Å². The van der Waals surface area contributed by atoms with Crippen LogP contribution in [0.2, 0.25) is 0 Å². The lowest BCUT2D eigenvalue weighted by Gasteiger charge is -2.15. The lowest BCUT2D eigenvalue weighted by atomic mass is 10.1. The van der Waals surface area contributed by atoms with Crippen molar-refractivity contribution in [2.24, 2.45) is 0 Å². The van der Waals surface area contributed by atoms with E-state index in [-0.39, 0.29) is 6.04 Å². The van der Waals surface area contributed by atoms with Crippen molar-refractivity contribution in [2.45, 2.75) is 19.9 Å². The molecule has 0 unspecified atom stereocenters. The summed E-state index contributed by atoms with van der Waals surface area (Å²) in [5, 5.41) is 8.83. The molecule has 0 aliphatic carbocycles. The monoisotopic (exact) mass is 230 g/mol. The van der Waals surface area contributed by atoms with Gasteiger partial charge in [0.1, 0.15) is 5.82 Å². The first-order chi connectivity index (χ1) is 8.09. The predicted octanol–water partition coefficient (Wildman–Crippen LogP) is 2.50. The SMILES string of the molecule is Cc1nccn1[C@@H](C)c1ccc(C(=O)O)cc1. The van der Waals surface area contributed by atoms with E-state index in [1.807, 2.05) is 25.3 Å². The summed E-state index contributed by atoms with van der Waals surface area (Å²) in [6, 6.07) is 7.09. The quantitative estimate of drug-likeness (QED) is 0.881. The standard InChI is InChI=1S/C13H14N2O2/c1-9(15-8-7-14-10(15)2)11-3-5-12(6-4-11)13(16)17/h3-9H,1-2H3,(H,16,17)/t9-/m0/s1. The molecule has 1 heterocycles. The molecule has 0 aliphatic rings. The largest absolute Gasteiger partial charge is 0.478 e. The normalized spacial score (nSPS) is 12.4. The molecule has 0 fully saturated rings. The molecule has 0 bridgehead atoms. The van der Waals surface area contributed by atoms with Crippen molar-refractivity contribution in [1.29, 1.82) is 0 Å². The maximum absolute atomic E-state index is 10.7. The first kappa shape index (κ1) is 11.4. The van der Waals surface area contributed by atoms with Gasteiger partial charge < -0.3 is 9.67 Å². The zero-order chi connectivity index (χ0) is 12.4. The van der Waals surface area contributed by atoms with Gasteiger partial charge in [-0.15, -0.1) is 0 Å². The molecule has 0 amide bonds. The van der Waals surface area contributed by atoms with Crippen molar-refractivity contribution in [2.75, 3.05) is 0 Å². The van der Waals surface area contributed by atoms with Gasteiger partial charge in [-0.05, 0) is 31.5 Å². The molecule has 0 saturated heterocycles. The summed E-state index contributed by atoms with van der Waals surface area (Å²) in [5.41, 5.74) is 1.37. The molecule has 1 atom stereocenters. The third kappa shape index (κ3) is 2.20. The van der Waals surface area contributed by atoms with Crippen molar-refractivity contribution in [1.82, 2.24) is 9.55 Å². The van der Waals surface area contributed by atoms with E-state index < -0.39 is 5.97 Å². The minimum absolute atomic E-state index is 0.153. The first-order valence-electron chi connectivity index (χ1n) is 5.42. The second-order valence-electron chi connectivity index (χ2n) is 3.98. The Morgan fingerprint density at radius 2 is 2.00 bits per heavy atom. The van der Waals surface area contributed by atoms with Crippen LogP contribution in [-0.2, 0) is 0 Å². The molecule has 0 radical (unpaired) electrons. The number of imidazole rings is 1. The Hall–Kier alpha value is -2.10. The molecular weight excluding hydrogens is 216 g/mol. The van der Waals surface area contributed by atoms with Crippen LogP contribution in [0.15, 0.2) is 36.7 Å². The number of hydrogen-bond acceptors (Lipinski definition) is 2. The molecule has 88 valence electrons. The number of carboxylic acid groups (broad SMARTS) is 1. The molecule has 0 spiro atoms. The number of aromatic nitrogens is 2. The fraction of sp³-hybridized carbons (Fsp3) is 0.231. The third-order valence-electron chi connectivity index (χ3n) is 2.92. The van der Waals surface area contributed by atoms with Gasteiger partial charge in [0.2, 0.25) is 0 Å². The van der Waals surface area contributed by atoms with Crippen LogP contribution in [-0.4, -0.2) is 20.6 Å².